The summed E-state index contributed by atoms with van der Waals surface area (Å²) in [6.07, 6.45) is 7.23. The Balaban J connectivity index is 1.58. The highest BCUT2D eigenvalue weighted by atomic mass is 16.3. The molecule has 3 heterocycles. The monoisotopic (exact) mass is 218 g/mol. The van der Waals surface area contributed by atoms with E-state index in [-0.39, 0.29) is 0 Å². The third kappa shape index (κ3) is 1.86. The van der Waals surface area contributed by atoms with Crippen LogP contribution in [0.15, 0.2) is 29.3 Å². The van der Waals surface area contributed by atoms with Gasteiger partial charge in [-0.15, -0.1) is 0 Å². The van der Waals surface area contributed by atoms with E-state index in [4.69, 9.17) is 4.42 Å². The Bertz CT molecular complexity index is 448. The molecule has 3 rings (SSSR count). The minimum Gasteiger partial charge on any atom is -0.472 e. The van der Waals surface area contributed by atoms with Crippen LogP contribution in [0.3, 0.4) is 0 Å². The Kier molecular flexibility index (Phi) is 2.46. The Morgan fingerprint density at radius 2 is 2.56 bits per heavy atom. The van der Waals surface area contributed by atoms with Gasteiger partial charge in [-0.2, -0.15) is 5.10 Å². The third-order valence-corrected chi connectivity index (χ3v) is 2.98. The number of aryl methyl sites for hydroxylation is 1. The number of nitrogens with zero attached hydrogens (tertiary/aromatic N) is 3. The van der Waals surface area contributed by atoms with E-state index in [1.54, 1.807) is 18.9 Å². The maximum absolute atomic E-state index is 5.03. The number of furan rings is 1. The summed E-state index contributed by atoms with van der Waals surface area (Å²) < 4.78 is 7.01. The molecule has 2 aromatic heterocycles. The molecule has 1 N–H and O–H groups in total. The first-order chi connectivity index (χ1) is 7.92. The summed E-state index contributed by atoms with van der Waals surface area (Å²) in [6.45, 7) is 1.76. The van der Waals surface area contributed by atoms with E-state index >= 15 is 0 Å². The van der Waals surface area contributed by atoms with Crippen molar-refractivity contribution >= 4 is 0 Å². The van der Waals surface area contributed by atoms with Crippen molar-refractivity contribution < 1.29 is 4.42 Å². The maximum Gasteiger partial charge on any atom is 0.138 e. The molecule has 16 heavy (non-hydrogen) atoms. The van der Waals surface area contributed by atoms with Gasteiger partial charge in [-0.1, -0.05) is 0 Å². The minimum atomic E-state index is 0.476. The quantitative estimate of drug-likeness (QED) is 0.834. The Labute approximate surface area is 93.5 Å². The molecule has 2 aromatic rings. The normalized spacial score (nSPS) is 19.6. The molecule has 1 unspecified atom stereocenters. The summed E-state index contributed by atoms with van der Waals surface area (Å²) in [5.41, 5.74) is 1.18. The molecule has 0 saturated heterocycles. The van der Waals surface area contributed by atoms with Crippen LogP contribution in [0.25, 0.3) is 0 Å². The van der Waals surface area contributed by atoms with Crippen molar-refractivity contribution in [3.05, 3.63) is 36.3 Å². The molecule has 1 atom stereocenters. The first-order valence-corrected chi connectivity index (χ1v) is 5.53. The molecule has 0 bridgehead atoms. The second kappa shape index (κ2) is 4.09. The molecule has 1 aliphatic heterocycles. The lowest BCUT2D eigenvalue weighted by Crippen LogP contribution is -2.37. The van der Waals surface area contributed by atoms with E-state index in [2.05, 4.69) is 15.4 Å². The minimum absolute atomic E-state index is 0.476. The zero-order valence-electron chi connectivity index (χ0n) is 8.97. The zero-order chi connectivity index (χ0) is 10.8. The summed E-state index contributed by atoms with van der Waals surface area (Å²) in [5, 5.41) is 7.71. The lowest BCUT2D eigenvalue weighted by molar-refractivity contribution is 0.357. The van der Waals surface area contributed by atoms with Crippen LogP contribution in [0.4, 0.5) is 0 Å². The fraction of sp³-hybridized carbons (Fsp3) is 0.455. The number of hydrogen-bond donors (Lipinski definition) is 1. The molecule has 0 spiro atoms. The average molecular weight is 218 g/mol. The highest BCUT2D eigenvalue weighted by Crippen LogP contribution is 2.12. The number of hydrogen-bond acceptors (Lipinski definition) is 4. The second-order valence-electron chi connectivity index (χ2n) is 4.11. The van der Waals surface area contributed by atoms with Gasteiger partial charge in [-0.25, -0.2) is 9.67 Å². The van der Waals surface area contributed by atoms with E-state index in [1.807, 2.05) is 10.7 Å². The lowest BCUT2D eigenvalue weighted by atomic mass is 10.1. The predicted molar refractivity (Wildman–Crippen MR) is 57.7 cm³/mol. The van der Waals surface area contributed by atoms with Crippen LogP contribution >= 0.6 is 0 Å². The lowest BCUT2D eigenvalue weighted by Gasteiger charge is -2.23. The number of rotatable bonds is 3. The molecule has 84 valence electrons. The highest BCUT2D eigenvalue weighted by Gasteiger charge is 2.18. The summed E-state index contributed by atoms with van der Waals surface area (Å²) in [4.78, 5) is 4.21. The van der Waals surface area contributed by atoms with Crippen molar-refractivity contribution in [2.24, 2.45) is 0 Å². The van der Waals surface area contributed by atoms with Gasteiger partial charge in [-0.05, 0) is 12.5 Å². The average Bonchev–Trinajstić information content (AvgIpc) is 2.97. The fourth-order valence-corrected chi connectivity index (χ4v) is 2.06. The van der Waals surface area contributed by atoms with Crippen LogP contribution in [-0.2, 0) is 19.5 Å². The molecule has 0 aliphatic carbocycles. The van der Waals surface area contributed by atoms with Crippen molar-refractivity contribution in [1.82, 2.24) is 20.1 Å². The molecule has 0 radical (unpaired) electrons. The number of aromatic nitrogens is 3. The SMILES string of the molecule is c1nc2n(n1)CC(NCc1ccoc1)CC2. The van der Waals surface area contributed by atoms with Gasteiger partial charge in [0.1, 0.15) is 12.2 Å². The molecule has 0 fully saturated rings. The summed E-state index contributed by atoms with van der Waals surface area (Å²) >= 11 is 0. The first kappa shape index (κ1) is 9.59. The standard InChI is InChI=1S/C11H14N4O/c1-2-11-13-8-14-15(11)6-10(1)12-5-9-3-4-16-7-9/h3-4,7-8,10,12H,1-2,5-6H2. The maximum atomic E-state index is 5.03. The third-order valence-electron chi connectivity index (χ3n) is 2.98. The van der Waals surface area contributed by atoms with Gasteiger partial charge in [0.2, 0.25) is 0 Å². The van der Waals surface area contributed by atoms with Gasteiger partial charge >= 0.3 is 0 Å². The van der Waals surface area contributed by atoms with Crippen molar-refractivity contribution in [3.63, 3.8) is 0 Å². The zero-order valence-corrected chi connectivity index (χ0v) is 8.97. The van der Waals surface area contributed by atoms with E-state index in [0.29, 0.717) is 6.04 Å². The molecule has 5 nitrogen and oxygen atoms in total. The Morgan fingerprint density at radius 1 is 1.56 bits per heavy atom. The summed E-state index contributed by atoms with van der Waals surface area (Å²) in [7, 11) is 0. The Morgan fingerprint density at radius 3 is 3.44 bits per heavy atom. The smallest absolute Gasteiger partial charge is 0.138 e. The molecule has 0 aromatic carbocycles. The van der Waals surface area contributed by atoms with Gasteiger partial charge in [0.25, 0.3) is 0 Å². The van der Waals surface area contributed by atoms with Gasteiger partial charge in [0.05, 0.1) is 19.1 Å². The van der Waals surface area contributed by atoms with Crippen molar-refractivity contribution in [1.29, 1.82) is 0 Å². The number of fused-ring (bicyclic) bond motifs is 1. The van der Waals surface area contributed by atoms with E-state index in [0.717, 1.165) is 31.8 Å². The van der Waals surface area contributed by atoms with Crippen LogP contribution in [0.2, 0.25) is 0 Å². The number of nitrogens with one attached hydrogen (secondary N) is 1. The van der Waals surface area contributed by atoms with E-state index < -0.39 is 0 Å². The first-order valence-electron chi connectivity index (χ1n) is 5.53. The van der Waals surface area contributed by atoms with Gasteiger partial charge in [-0.3, -0.25) is 0 Å². The van der Waals surface area contributed by atoms with Crippen molar-refractivity contribution in [2.45, 2.75) is 32.0 Å². The predicted octanol–water partition coefficient (Wildman–Crippen LogP) is 0.976. The molecule has 0 amide bonds. The van der Waals surface area contributed by atoms with Crippen LogP contribution in [0, 0.1) is 0 Å². The van der Waals surface area contributed by atoms with Crippen LogP contribution in [-0.4, -0.2) is 20.8 Å². The fourth-order valence-electron chi connectivity index (χ4n) is 2.06. The highest BCUT2D eigenvalue weighted by molar-refractivity contribution is 5.05. The van der Waals surface area contributed by atoms with E-state index in [1.165, 1.54) is 5.56 Å². The largest absolute Gasteiger partial charge is 0.472 e. The Hall–Kier alpha value is -1.62. The second-order valence-corrected chi connectivity index (χ2v) is 4.11. The van der Waals surface area contributed by atoms with Crippen molar-refractivity contribution in [3.8, 4) is 0 Å². The molecular formula is C11H14N4O. The molecule has 5 heteroatoms. The van der Waals surface area contributed by atoms with Crippen molar-refractivity contribution in [2.75, 3.05) is 0 Å². The van der Waals surface area contributed by atoms with Gasteiger partial charge in [0.15, 0.2) is 0 Å². The van der Waals surface area contributed by atoms with Crippen LogP contribution < -0.4 is 5.32 Å². The van der Waals surface area contributed by atoms with E-state index in [9.17, 15) is 0 Å². The van der Waals surface area contributed by atoms with Crippen LogP contribution in [0.1, 0.15) is 17.8 Å². The van der Waals surface area contributed by atoms with Gasteiger partial charge < -0.3 is 9.73 Å². The molecule has 1 aliphatic rings. The summed E-state index contributed by atoms with van der Waals surface area (Å²) in [5.74, 6) is 1.10. The van der Waals surface area contributed by atoms with Crippen LogP contribution in [0.5, 0.6) is 0 Å². The van der Waals surface area contributed by atoms with Gasteiger partial charge in [0, 0.05) is 24.6 Å². The topological polar surface area (TPSA) is 55.9 Å². The molecule has 0 saturated carbocycles. The molecular weight excluding hydrogens is 204 g/mol. The summed E-state index contributed by atoms with van der Waals surface area (Å²) in [6, 6.07) is 2.46.